The zero-order valence-corrected chi connectivity index (χ0v) is 10.5. The number of benzene rings is 1. The second-order valence-electron chi connectivity index (χ2n) is 4.55. The van der Waals surface area contributed by atoms with E-state index in [1.54, 1.807) is 18.2 Å². The third kappa shape index (κ3) is 2.97. The number of fused-ring (bicyclic) bond motifs is 1. The van der Waals surface area contributed by atoms with Crippen molar-refractivity contribution in [2.75, 3.05) is 31.9 Å². The fourth-order valence-corrected chi connectivity index (χ4v) is 2.16. The first-order valence-electron chi connectivity index (χ1n) is 6.32. The van der Waals surface area contributed by atoms with Crippen molar-refractivity contribution in [3.8, 4) is 11.5 Å². The Balaban J connectivity index is 1.56. The minimum atomic E-state index is -0.0399. The van der Waals surface area contributed by atoms with Gasteiger partial charge in [-0.05, 0) is 12.1 Å². The van der Waals surface area contributed by atoms with Crippen LogP contribution in [0, 0.1) is 0 Å². The van der Waals surface area contributed by atoms with Crippen molar-refractivity contribution in [1.29, 1.82) is 0 Å². The lowest BCUT2D eigenvalue weighted by atomic mass is 10.2. The lowest BCUT2D eigenvalue weighted by molar-refractivity contribution is -0.117. The van der Waals surface area contributed by atoms with Gasteiger partial charge in [0.15, 0.2) is 11.5 Å². The lowest BCUT2D eigenvalue weighted by Gasteiger charge is -2.23. The Bertz CT molecular complexity index is 472. The summed E-state index contributed by atoms with van der Waals surface area (Å²) < 4.78 is 15.8. The molecule has 1 fully saturated rings. The van der Waals surface area contributed by atoms with E-state index in [2.05, 4.69) is 10.6 Å². The predicted octanol–water partition coefficient (Wildman–Crippen LogP) is 0.732. The molecule has 3 rings (SSSR count). The summed E-state index contributed by atoms with van der Waals surface area (Å²) in [7, 11) is 0. The van der Waals surface area contributed by atoms with Gasteiger partial charge in [0.05, 0.1) is 13.2 Å². The molecule has 0 spiro atoms. The Labute approximate surface area is 111 Å². The number of hydrogen-bond donors (Lipinski definition) is 2. The zero-order valence-electron chi connectivity index (χ0n) is 10.5. The Kier molecular flexibility index (Phi) is 3.52. The van der Waals surface area contributed by atoms with E-state index in [-0.39, 0.29) is 18.7 Å². The van der Waals surface area contributed by atoms with Crippen molar-refractivity contribution in [2.24, 2.45) is 0 Å². The summed E-state index contributed by atoms with van der Waals surface area (Å²) in [5.41, 5.74) is 0.714. The number of hydrogen-bond acceptors (Lipinski definition) is 5. The molecule has 1 unspecified atom stereocenters. The molecule has 102 valence electrons. The zero-order chi connectivity index (χ0) is 13.1. The van der Waals surface area contributed by atoms with E-state index in [1.807, 2.05) is 0 Å². The third-order valence-corrected chi connectivity index (χ3v) is 3.09. The van der Waals surface area contributed by atoms with Crippen LogP contribution >= 0.6 is 0 Å². The molecule has 1 aromatic carbocycles. The van der Waals surface area contributed by atoms with E-state index in [4.69, 9.17) is 14.2 Å². The molecule has 1 aromatic rings. The molecule has 6 nitrogen and oxygen atoms in total. The first-order chi connectivity index (χ1) is 9.31. The summed E-state index contributed by atoms with van der Waals surface area (Å²) in [6.07, 6.45) is 0.397. The summed E-state index contributed by atoms with van der Waals surface area (Å²) in [6.45, 7) is 2.31. The van der Waals surface area contributed by atoms with E-state index in [1.165, 1.54) is 0 Å². The van der Waals surface area contributed by atoms with E-state index in [0.29, 0.717) is 36.8 Å². The molecule has 0 saturated carbocycles. The monoisotopic (exact) mass is 264 g/mol. The van der Waals surface area contributed by atoms with Gasteiger partial charge in [-0.1, -0.05) is 0 Å². The molecule has 0 aliphatic carbocycles. The van der Waals surface area contributed by atoms with Crippen LogP contribution in [0.25, 0.3) is 0 Å². The maximum Gasteiger partial charge on any atom is 0.231 e. The highest BCUT2D eigenvalue weighted by molar-refractivity contribution is 5.91. The van der Waals surface area contributed by atoms with E-state index in [0.717, 1.165) is 6.54 Å². The Morgan fingerprint density at radius 2 is 2.26 bits per heavy atom. The van der Waals surface area contributed by atoms with Crippen molar-refractivity contribution < 1.29 is 19.0 Å². The van der Waals surface area contributed by atoms with E-state index in [9.17, 15) is 4.79 Å². The van der Waals surface area contributed by atoms with Crippen molar-refractivity contribution in [3.63, 3.8) is 0 Å². The van der Waals surface area contributed by atoms with Gasteiger partial charge in [-0.15, -0.1) is 0 Å². The van der Waals surface area contributed by atoms with Gasteiger partial charge in [0, 0.05) is 30.8 Å². The van der Waals surface area contributed by atoms with Gasteiger partial charge < -0.3 is 24.8 Å². The van der Waals surface area contributed by atoms with Gasteiger partial charge in [0.1, 0.15) is 0 Å². The lowest BCUT2D eigenvalue weighted by Crippen LogP contribution is -2.43. The number of rotatable bonds is 3. The summed E-state index contributed by atoms with van der Waals surface area (Å²) in [4.78, 5) is 11.9. The van der Waals surface area contributed by atoms with Crippen LogP contribution in [0.15, 0.2) is 18.2 Å². The van der Waals surface area contributed by atoms with E-state index < -0.39 is 0 Å². The van der Waals surface area contributed by atoms with Crippen LogP contribution in [0.4, 0.5) is 5.69 Å². The number of ether oxygens (including phenoxy) is 3. The Morgan fingerprint density at radius 1 is 1.37 bits per heavy atom. The number of morpholine rings is 1. The highest BCUT2D eigenvalue weighted by atomic mass is 16.7. The number of carbonyl (C=O) groups is 1. The molecule has 0 aromatic heterocycles. The molecule has 0 bridgehead atoms. The molecule has 2 aliphatic rings. The molecule has 2 heterocycles. The molecule has 1 amide bonds. The molecular weight excluding hydrogens is 248 g/mol. The largest absolute Gasteiger partial charge is 0.454 e. The summed E-state index contributed by atoms with van der Waals surface area (Å²) in [5, 5.41) is 6.10. The van der Waals surface area contributed by atoms with Gasteiger partial charge in [0.25, 0.3) is 0 Å². The highest BCUT2D eigenvalue weighted by Crippen LogP contribution is 2.34. The normalized spacial score (nSPS) is 21.2. The first kappa shape index (κ1) is 12.3. The van der Waals surface area contributed by atoms with Crippen LogP contribution in [0.3, 0.4) is 0 Å². The van der Waals surface area contributed by atoms with Crippen LogP contribution in [0.5, 0.6) is 11.5 Å². The van der Waals surface area contributed by atoms with Gasteiger partial charge in [-0.3, -0.25) is 4.79 Å². The quantitative estimate of drug-likeness (QED) is 0.842. The number of anilines is 1. The summed E-state index contributed by atoms with van der Waals surface area (Å²) in [6, 6.07) is 5.45. The second-order valence-corrected chi connectivity index (χ2v) is 4.55. The molecule has 1 saturated heterocycles. The molecule has 6 heteroatoms. The maximum absolute atomic E-state index is 11.9. The third-order valence-electron chi connectivity index (χ3n) is 3.09. The average Bonchev–Trinajstić information content (AvgIpc) is 2.87. The molecule has 2 N–H and O–H groups in total. The minimum absolute atomic E-state index is 0.0399. The average molecular weight is 264 g/mol. The smallest absolute Gasteiger partial charge is 0.231 e. The van der Waals surface area contributed by atoms with Crippen molar-refractivity contribution in [2.45, 2.75) is 12.5 Å². The molecule has 19 heavy (non-hydrogen) atoms. The first-order valence-corrected chi connectivity index (χ1v) is 6.32. The van der Waals surface area contributed by atoms with Crippen molar-refractivity contribution in [3.05, 3.63) is 18.2 Å². The maximum atomic E-state index is 11.9. The molecule has 2 aliphatic heterocycles. The molecular formula is C13H16N2O4. The topological polar surface area (TPSA) is 68.8 Å². The molecule has 1 atom stereocenters. The van der Waals surface area contributed by atoms with Gasteiger partial charge in [-0.25, -0.2) is 0 Å². The van der Waals surface area contributed by atoms with Crippen LogP contribution in [-0.4, -0.2) is 38.5 Å². The van der Waals surface area contributed by atoms with Gasteiger partial charge in [-0.2, -0.15) is 0 Å². The summed E-state index contributed by atoms with van der Waals surface area (Å²) >= 11 is 0. The minimum Gasteiger partial charge on any atom is -0.454 e. The fourth-order valence-electron chi connectivity index (χ4n) is 2.16. The van der Waals surface area contributed by atoms with Crippen molar-refractivity contribution in [1.82, 2.24) is 5.32 Å². The second kappa shape index (κ2) is 5.46. The van der Waals surface area contributed by atoms with Crippen molar-refractivity contribution >= 4 is 11.6 Å². The summed E-state index contributed by atoms with van der Waals surface area (Å²) in [5.74, 6) is 1.33. The van der Waals surface area contributed by atoms with Crippen LogP contribution in [0.2, 0.25) is 0 Å². The number of amides is 1. The predicted molar refractivity (Wildman–Crippen MR) is 68.4 cm³/mol. The highest BCUT2D eigenvalue weighted by Gasteiger charge is 2.18. The van der Waals surface area contributed by atoms with Gasteiger partial charge in [0.2, 0.25) is 12.7 Å². The Hall–Kier alpha value is -1.79. The Morgan fingerprint density at radius 3 is 3.11 bits per heavy atom. The van der Waals surface area contributed by atoms with Crippen LogP contribution < -0.4 is 20.1 Å². The standard InChI is InChI=1S/C13H16N2O4/c16-13(6-10-7-17-4-3-14-10)15-9-1-2-11-12(5-9)19-8-18-11/h1-2,5,10,14H,3-4,6-8H2,(H,15,16). The van der Waals surface area contributed by atoms with Gasteiger partial charge >= 0.3 is 0 Å². The van der Waals surface area contributed by atoms with Crippen LogP contribution in [0.1, 0.15) is 6.42 Å². The SMILES string of the molecule is O=C(CC1COCCN1)Nc1ccc2c(c1)OCO2. The van der Waals surface area contributed by atoms with E-state index >= 15 is 0 Å². The number of carbonyl (C=O) groups excluding carboxylic acids is 1. The number of nitrogens with one attached hydrogen (secondary N) is 2. The molecule has 0 radical (unpaired) electrons. The van der Waals surface area contributed by atoms with Crippen LogP contribution in [-0.2, 0) is 9.53 Å². The fraction of sp³-hybridized carbons (Fsp3) is 0.462.